The lowest BCUT2D eigenvalue weighted by Crippen LogP contribution is -2.12. The number of hydrogen-bond acceptors (Lipinski definition) is 4. The van der Waals surface area contributed by atoms with E-state index in [1.807, 2.05) is 0 Å². The topological polar surface area (TPSA) is 63.8 Å². The lowest BCUT2D eigenvalue weighted by molar-refractivity contribution is -0.134. The Morgan fingerprint density at radius 2 is 2.06 bits per heavy atom. The molecule has 3 N–H and O–H groups in total. The first kappa shape index (κ1) is 12.8. The summed E-state index contributed by atoms with van der Waals surface area (Å²) >= 11 is 5.58. The third kappa shape index (κ3) is 5.01. The molecule has 0 saturated carbocycles. The van der Waals surface area contributed by atoms with Gasteiger partial charge in [-0.3, -0.25) is 0 Å². The fourth-order valence-electron chi connectivity index (χ4n) is 1.03. The standard InChI is InChI=1S/C8H10ClF3N4/c9-5-4-6(16-7(13)15-5)14-3-1-2-8(10,11)12/h4H,1-3H2,(H3,13,14,15,16). The predicted molar refractivity (Wildman–Crippen MR) is 55.2 cm³/mol. The summed E-state index contributed by atoms with van der Waals surface area (Å²) in [5, 5.41) is 2.83. The second kappa shape index (κ2) is 5.20. The van der Waals surface area contributed by atoms with Crippen LogP contribution in [0.15, 0.2) is 6.07 Å². The average Bonchev–Trinajstić information content (AvgIpc) is 2.09. The maximum absolute atomic E-state index is 11.8. The summed E-state index contributed by atoms with van der Waals surface area (Å²) < 4.78 is 35.4. The van der Waals surface area contributed by atoms with Crippen LogP contribution in [0.1, 0.15) is 12.8 Å². The van der Waals surface area contributed by atoms with Gasteiger partial charge in [-0.25, -0.2) is 4.98 Å². The Kier molecular flexibility index (Phi) is 4.17. The van der Waals surface area contributed by atoms with Crippen molar-refractivity contribution in [1.29, 1.82) is 0 Å². The van der Waals surface area contributed by atoms with E-state index in [1.165, 1.54) is 6.07 Å². The minimum atomic E-state index is -4.13. The van der Waals surface area contributed by atoms with Crippen LogP contribution >= 0.6 is 11.6 Å². The van der Waals surface area contributed by atoms with Gasteiger partial charge in [0.15, 0.2) is 0 Å². The zero-order valence-electron chi connectivity index (χ0n) is 8.18. The SMILES string of the molecule is Nc1nc(Cl)cc(NCCCC(F)(F)F)n1. The average molecular weight is 255 g/mol. The van der Waals surface area contributed by atoms with Crippen LogP contribution in [0.3, 0.4) is 0 Å². The number of aromatic nitrogens is 2. The molecule has 0 amide bonds. The van der Waals surface area contributed by atoms with Crippen molar-refractivity contribution in [3.05, 3.63) is 11.2 Å². The van der Waals surface area contributed by atoms with E-state index in [-0.39, 0.29) is 24.1 Å². The van der Waals surface area contributed by atoms with Gasteiger partial charge in [0.25, 0.3) is 0 Å². The number of anilines is 2. The van der Waals surface area contributed by atoms with Gasteiger partial charge >= 0.3 is 6.18 Å². The Balaban J connectivity index is 2.37. The fraction of sp³-hybridized carbons (Fsp3) is 0.500. The van der Waals surface area contributed by atoms with Gasteiger partial charge in [-0.1, -0.05) is 11.6 Å². The van der Waals surface area contributed by atoms with Crippen molar-refractivity contribution in [3.63, 3.8) is 0 Å². The van der Waals surface area contributed by atoms with Crippen molar-refractivity contribution in [3.8, 4) is 0 Å². The number of nitrogens with one attached hydrogen (secondary N) is 1. The molecule has 0 bridgehead atoms. The first-order chi connectivity index (χ1) is 7.37. The highest BCUT2D eigenvalue weighted by Crippen LogP contribution is 2.21. The number of alkyl halides is 3. The van der Waals surface area contributed by atoms with Crippen molar-refractivity contribution in [2.45, 2.75) is 19.0 Å². The zero-order valence-corrected chi connectivity index (χ0v) is 8.94. The van der Waals surface area contributed by atoms with Crippen LogP contribution in [0.25, 0.3) is 0 Å². The molecule has 0 atom stereocenters. The van der Waals surface area contributed by atoms with Crippen molar-refractivity contribution in [2.24, 2.45) is 0 Å². The van der Waals surface area contributed by atoms with E-state index >= 15 is 0 Å². The molecule has 0 radical (unpaired) electrons. The molecule has 0 unspecified atom stereocenters. The largest absolute Gasteiger partial charge is 0.389 e. The summed E-state index contributed by atoms with van der Waals surface area (Å²) in [5.41, 5.74) is 5.31. The van der Waals surface area contributed by atoms with E-state index in [9.17, 15) is 13.2 Å². The minimum Gasteiger partial charge on any atom is -0.370 e. The Morgan fingerprint density at radius 3 is 2.62 bits per heavy atom. The van der Waals surface area contributed by atoms with Crippen LogP contribution in [0.4, 0.5) is 24.9 Å². The molecule has 0 fully saturated rings. The van der Waals surface area contributed by atoms with Crippen LogP contribution in [-0.2, 0) is 0 Å². The van der Waals surface area contributed by atoms with E-state index in [0.717, 1.165) is 0 Å². The van der Waals surface area contributed by atoms with E-state index in [1.54, 1.807) is 0 Å². The van der Waals surface area contributed by atoms with Crippen LogP contribution in [-0.4, -0.2) is 22.7 Å². The predicted octanol–water partition coefficient (Wildman–Crippen LogP) is 2.47. The van der Waals surface area contributed by atoms with Crippen molar-refractivity contribution in [1.82, 2.24) is 9.97 Å². The lowest BCUT2D eigenvalue weighted by atomic mass is 10.3. The minimum absolute atomic E-state index is 0.0224. The first-order valence-electron chi connectivity index (χ1n) is 4.47. The van der Waals surface area contributed by atoms with E-state index in [0.29, 0.717) is 5.82 Å². The Morgan fingerprint density at radius 1 is 1.38 bits per heavy atom. The number of nitrogen functional groups attached to an aromatic ring is 1. The third-order valence-electron chi connectivity index (χ3n) is 1.66. The maximum atomic E-state index is 11.8. The van der Waals surface area contributed by atoms with Gasteiger partial charge in [0.05, 0.1) is 0 Å². The summed E-state index contributed by atoms with van der Waals surface area (Å²) in [6, 6.07) is 1.39. The summed E-state index contributed by atoms with van der Waals surface area (Å²) in [7, 11) is 0. The van der Waals surface area contributed by atoms with Gasteiger partial charge in [0.1, 0.15) is 11.0 Å². The Labute approximate surface area is 95.0 Å². The molecule has 1 rings (SSSR count). The molecule has 0 aliphatic heterocycles. The third-order valence-corrected chi connectivity index (χ3v) is 1.85. The monoisotopic (exact) mass is 254 g/mol. The molecule has 0 spiro atoms. The molecular formula is C8H10ClF3N4. The van der Waals surface area contributed by atoms with Crippen LogP contribution in [0, 0.1) is 0 Å². The van der Waals surface area contributed by atoms with Gasteiger partial charge < -0.3 is 11.1 Å². The number of hydrogen-bond donors (Lipinski definition) is 2. The van der Waals surface area contributed by atoms with E-state index in [4.69, 9.17) is 17.3 Å². The Bertz CT molecular complexity index is 335. The molecule has 0 aliphatic carbocycles. The highest BCUT2D eigenvalue weighted by Gasteiger charge is 2.25. The quantitative estimate of drug-likeness (QED) is 0.640. The first-order valence-corrected chi connectivity index (χ1v) is 4.85. The number of nitrogens with zero attached hydrogens (tertiary/aromatic N) is 2. The van der Waals surface area contributed by atoms with E-state index in [2.05, 4.69) is 15.3 Å². The normalized spacial score (nSPS) is 11.5. The highest BCUT2D eigenvalue weighted by molar-refractivity contribution is 6.29. The summed E-state index contributed by atoms with van der Waals surface area (Å²) in [6.45, 7) is 0.145. The molecular weight excluding hydrogens is 245 g/mol. The molecule has 1 aromatic heterocycles. The molecule has 0 aromatic carbocycles. The molecule has 8 heteroatoms. The van der Waals surface area contributed by atoms with Gasteiger partial charge in [0.2, 0.25) is 5.95 Å². The van der Waals surface area contributed by atoms with Gasteiger partial charge in [0, 0.05) is 19.0 Å². The molecule has 4 nitrogen and oxygen atoms in total. The molecule has 16 heavy (non-hydrogen) atoms. The molecule has 1 aromatic rings. The second-order valence-electron chi connectivity index (χ2n) is 3.08. The molecule has 0 saturated heterocycles. The fourth-order valence-corrected chi connectivity index (χ4v) is 1.22. The number of halogens is 4. The smallest absolute Gasteiger partial charge is 0.370 e. The van der Waals surface area contributed by atoms with Crippen LogP contribution in [0.5, 0.6) is 0 Å². The zero-order chi connectivity index (χ0) is 12.2. The van der Waals surface area contributed by atoms with E-state index < -0.39 is 12.6 Å². The van der Waals surface area contributed by atoms with Crippen molar-refractivity contribution < 1.29 is 13.2 Å². The van der Waals surface area contributed by atoms with Crippen molar-refractivity contribution in [2.75, 3.05) is 17.6 Å². The van der Waals surface area contributed by atoms with Gasteiger partial charge in [-0.05, 0) is 6.42 Å². The maximum Gasteiger partial charge on any atom is 0.389 e. The lowest BCUT2D eigenvalue weighted by Gasteiger charge is -2.08. The second-order valence-corrected chi connectivity index (χ2v) is 3.47. The molecule has 90 valence electrons. The summed E-state index contributed by atoms with van der Waals surface area (Å²) in [4.78, 5) is 7.37. The number of rotatable bonds is 4. The molecule has 0 aliphatic rings. The molecule has 1 heterocycles. The highest BCUT2D eigenvalue weighted by atomic mass is 35.5. The summed E-state index contributed by atoms with van der Waals surface area (Å²) in [5.74, 6) is 0.297. The van der Waals surface area contributed by atoms with Crippen LogP contribution < -0.4 is 11.1 Å². The summed E-state index contributed by atoms with van der Waals surface area (Å²) in [6.07, 6.45) is -5.01. The van der Waals surface area contributed by atoms with Gasteiger partial charge in [-0.2, -0.15) is 18.2 Å². The number of nitrogens with two attached hydrogens (primary N) is 1. The van der Waals surface area contributed by atoms with Gasteiger partial charge in [-0.15, -0.1) is 0 Å². The van der Waals surface area contributed by atoms with Crippen molar-refractivity contribution >= 4 is 23.4 Å². The Hall–Kier alpha value is -1.24. The van der Waals surface area contributed by atoms with Crippen LogP contribution in [0.2, 0.25) is 5.15 Å².